The van der Waals surface area contributed by atoms with Crippen LogP contribution >= 0.6 is 0 Å². The summed E-state index contributed by atoms with van der Waals surface area (Å²) >= 11 is 0. The average Bonchev–Trinajstić information content (AvgIpc) is 3.25. The highest BCUT2D eigenvalue weighted by Crippen LogP contribution is 2.26. The van der Waals surface area contributed by atoms with E-state index in [0.29, 0.717) is 12.0 Å². The number of hydrogen-bond donors (Lipinski definition) is 1. The lowest BCUT2D eigenvalue weighted by Gasteiger charge is -2.08. The third kappa shape index (κ3) is 5.67. The molecule has 0 radical (unpaired) electrons. The average molecular weight is 462 g/mol. The topological polar surface area (TPSA) is 56.2 Å². The Hall–Kier alpha value is -4.00. The summed E-state index contributed by atoms with van der Waals surface area (Å²) in [5, 5.41) is 7.53. The summed E-state index contributed by atoms with van der Waals surface area (Å²) < 4.78 is 34.0. The molecule has 34 heavy (non-hydrogen) atoms. The maximum atomic E-state index is 13.6. The first-order valence-electron chi connectivity index (χ1n) is 10.9. The molecule has 0 aliphatic heterocycles. The number of aryl methyl sites for hydroxylation is 2. The molecule has 0 bridgehead atoms. The van der Waals surface area contributed by atoms with Gasteiger partial charge in [0.05, 0.1) is 24.2 Å². The van der Waals surface area contributed by atoms with Crippen LogP contribution in [0.4, 0.5) is 8.78 Å². The van der Waals surface area contributed by atoms with E-state index in [0.717, 1.165) is 34.0 Å². The van der Waals surface area contributed by atoms with Crippen molar-refractivity contribution in [1.29, 1.82) is 0 Å². The Bertz CT molecular complexity index is 1260. The molecule has 0 saturated carbocycles. The van der Waals surface area contributed by atoms with Gasteiger partial charge in [0.15, 0.2) is 0 Å². The molecule has 1 N–H and O–H groups in total. The van der Waals surface area contributed by atoms with Crippen molar-refractivity contribution in [3.05, 3.63) is 101 Å². The molecule has 5 nitrogen and oxygen atoms in total. The number of methoxy groups -OCH3 is 1. The number of aromatic nitrogens is 2. The lowest BCUT2D eigenvalue weighted by atomic mass is 10.1. The SMILES string of the molecule is COc1ccc(-n2nc(CCC(=O)NCc3cc(C)cc(F)c3)cc2-c2ccc(F)cc2)cc1. The van der Waals surface area contributed by atoms with Crippen LogP contribution in [0.2, 0.25) is 0 Å². The van der Waals surface area contributed by atoms with Crippen molar-refractivity contribution < 1.29 is 18.3 Å². The maximum absolute atomic E-state index is 13.6. The molecule has 3 aromatic carbocycles. The number of nitrogens with zero attached hydrogens (tertiary/aromatic N) is 2. The molecule has 4 rings (SSSR count). The van der Waals surface area contributed by atoms with E-state index in [-0.39, 0.29) is 30.5 Å². The molecule has 1 aromatic heterocycles. The molecule has 174 valence electrons. The van der Waals surface area contributed by atoms with Crippen LogP contribution in [0.15, 0.2) is 72.8 Å². The summed E-state index contributed by atoms with van der Waals surface area (Å²) in [6, 6.07) is 20.3. The smallest absolute Gasteiger partial charge is 0.220 e. The van der Waals surface area contributed by atoms with Gasteiger partial charge in [-0.3, -0.25) is 4.79 Å². The standard InChI is InChI=1S/C27H25F2N3O2/c1-18-13-19(15-22(29)14-18)17-30-27(33)12-7-23-16-26(20-3-5-21(28)6-4-20)32(31-23)24-8-10-25(34-2)11-9-24/h3-6,8-11,13-16H,7,12,17H2,1-2H3,(H,30,33). The van der Waals surface area contributed by atoms with Crippen LogP contribution in [0.1, 0.15) is 23.2 Å². The minimum Gasteiger partial charge on any atom is -0.497 e. The zero-order valence-corrected chi connectivity index (χ0v) is 19.0. The van der Waals surface area contributed by atoms with Gasteiger partial charge in [0.25, 0.3) is 0 Å². The lowest BCUT2D eigenvalue weighted by Crippen LogP contribution is -2.23. The number of ether oxygens (including phenoxy) is 1. The number of carbonyl (C=O) groups is 1. The second kappa shape index (κ2) is 10.3. The molecule has 0 unspecified atom stereocenters. The molecular formula is C27H25F2N3O2. The quantitative estimate of drug-likeness (QED) is 0.383. The van der Waals surface area contributed by atoms with Crippen molar-refractivity contribution in [2.75, 3.05) is 7.11 Å². The molecule has 7 heteroatoms. The van der Waals surface area contributed by atoms with Gasteiger partial charge in [-0.2, -0.15) is 5.10 Å². The largest absolute Gasteiger partial charge is 0.497 e. The Morgan fingerprint density at radius 3 is 2.38 bits per heavy atom. The van der Waals surface area contributed by atoms with Gasteiger partial charge in [-0.15, -0.1) is 0 Å². The van der Waals surface area contributed by atoms with Crippen molar-refractivity contribution in [3.8, 4) is 22.7 Å². The molecule has 0 aliphatic carbocycles. The van der Waals surface area contributed by atoms with Gasteiger partial charge in [0.1, 0.15) is 17.4 Å². The normalized spacial score (nSPS) is 10.8. The Kier molecular flexibility index (Phi) is 7.01. The highest BCUT2D eigenvalue weighted by molar-refractivity contribution is 5.76. The Morgan fingerprint density at radius 2 is 1.71 bits per heavy atom. The van der Waals surface area contributed by atoms with Gasteiger partial charge in [-0.05, 0) is 84.8 Å². The summed E-state index contributed by atoms with van der Waals surface area (Å²) in [7, 11) is 1.60. The second-order valence-electron chi connectivity index (χ2n) is 8.05. The fourth-order valence-electron chi connectivity index (χ4n) is 3.74. The first-order chi connectivity index (χ1) is 16.4. The van der Waals surface area contributed by atoms with Gasteiger partial charge in [-0.25, -0.2) is 13.5 Å². The van der Waals surface area contributed by atoms with Crippen molar-refractivity contribution in [1.82, 2.24) is 15.1 Å². The molecular weight excluding hydrogens is 436 g/mol. The van der Waals surface area contributed by atoms with E-state index < -0.39 is 0 Å². The van der Waals surface area contributed by atoms with Crippen LogP contribution in [0, 0.1) is 18.6 Å². The number of hydrogen-bond acceptors (Lipinski definition) is 3. The van der Waals surface area contributed by atoms with Crippen LogP contribution in [0.25, 0.3) is 16.9 Å². The third-order valence-corrected chi connectivity index (χ3v) is 5.42. The van der Waals surface area contributed by atoms with E-state index in [2.05, 4.69) is 5.32 Å². The Balaban J connectivity index is 1.50. The summed E-state index contributed by atoms with van der Waals surface area (Å²) in [6.45, 7) is 2.07. The number of amides is 1. The predicted molar refractivity (Wildman–Crippen MR) is 127 cm³/mol. The van der Waals surface area contributed by atoms with Gasteiger partial charge in [0.2, 0.25) is 5.91 Å². The number of halogens is 2. The van der Waals surface area contributed by atoms with Crippen molar-refractivity contribution >= 4 is 5.91 Å². The van der Waals surface area contributed by atoms with E-state index in [1.54, 1.807) is 23.9 Å². The summed E-state index contributed by atoms with van der Waals surface area (Å²) in [6.07, 6.45) is 0.655. The van der Waals surface area contributed by atoms with E-state index >= 15 is 0 Å². The molecule has 1 heterocycles. The number of rotatable bonds is 8. The number of benzene rings is 3. The highest BCUT2D eigenvalue weighted by atomic mass is 19.1. The summed E-state index contributed by atoms with van der Waals surface area (Å²) in [4.78, 5) is 12.4. The number of carbonyl (C=O) groups excluding carboxylic acids is 1. The molecule has 0 saturated heterocycles. The minimum absolute atomic E-state index is 0.149. The van der Waals surface area contributed by atoms with Gasteiger partial charge in [-0.1, -0.05) is 6.07 Å². The molecule has 1 amide bonds. The second-order valence-corrected chi connectivity index (χ2v) is 8.05. The Morgan fingerprint density at radius 1 is 0.971 bits per heavy atom. The van der Waals surface area contributed by atoms with Gasteiger partial charge in [0, 0.05) is 24.9 Å². The maximum Gasteiger partial charge on any atom is 0.220 e. The van der Waals surface area contributed by atoms with E-state index in [1.165, 1.54) is 24.3 Å². The first-order valence-corrected chi connectivity index (χ1v) is 10.9. The fourth-order valence-corrected chi connectivity index (χ4v) is 3.74. The van der Waals surface area contributed by atoms with E-state index in [9.17, 15) is 13.6 Å². The summed E-state index contributed by atoms with van der Waals surface area (Å²) in [5.74, 6) is -0.0554. The van der Waals surface area contributed by atoms with Crippen LogP contribution in [-0.4, -0.2) is 22.8 Å². The van der Waals surface area contributed by atoms with Crippen molar-refractivity contribution in [2.45, 2.75) is 26.3 Å². The number of nitrogens with one attached hydrogen (secondary N) is 1. The van der Waals surface area contributed by atoms with Crippen LogP contribution in [0.5, 0.6) is 5.75 Å². The zero-order valence-electron chi connectivity index (χ0n) is 19.0. The third-order valence-electron chi connectivity index (χ3n) is 5.42. The lowest BCUT2D eigenvalue weighted by molar-refractivity contribution is -0.121. The molecule has 4 aromatic rings. The minimum atomic E-state index is -0.318. The van der Waals surface area contributed by atoms with Gasteiger partial charge >= 0.3 is 0 Å². The van der Waals surface area contributed by atoms with Gasteiger partial charge < -0.3 is 10.1 Å². The van der Waals surface area contributed by atoms with Crippen LogP contribution in [0.3, 0.4) is 0 Å². The van der Waals surface area contributed by atoms with Crippen molar-refractivity contribution in [2.24, 2.45) is 0 Å². The Labute approximate surface area is 197 Å². The molecule has 0 spiro atoms. The fraction of sp³-hybridized carbons (Fsp3) is 0.185. The molecule has 0 fully saturated rings. The molecule has 0 atom stereocenters. The first kappa shape index (κ1) is 23.2. The molecule has 0 aliphatic rings. The zero-order chi connectivity index (χ0) is 24.1. The monoisotopic (exact) mass is 461 g/mol. The summed E-state index contributed by atoms with van der Waals surface area (Å²) in [5.41, 5.74) is 4.66. The van der Waals surface area contributed by atoms with Crippen LogP contribution < -0.4 is 10.1 Å². The predicted octanol–water partition coefficient (Wildman–Crippen LogP) is 5.38. The van der Waals surface area contributed by atoms with Crippen LogP contribution in [-0.2, 0) is 17.8 Å². The van der Waals surface area contributed by atoms with Crippen molar-refractivity contribution in [3.63, 3.8) is 0 Å². The van der Waals surface area contributed by atoms with E-state index in [4.69, 9.17) is 9.84 Å². The van der Waals surface area contributed by atoms with E-state index in [1.807, 2.05) is 43.3 Å². The highest BCUT2D eigenvalue weighted by Gasteiger charge is 2.14.